The van der Waals surface area contributed by atoms with Gasteiger partial charge in [-0.15, -0.1) is 0 Å². The highest BCUT2D eigenvalue weighted by molar-refractivity contribution is 6.30. The van der Waals surface area contributed by atoms with Gasteiger partial charge in [0, 0.05) is 11.1 Å². The molecule has 0 saturated heterocycles. The number of fused-ring (bicyclic) bond motifs is 1. The Hall–Kier alpha value is -3.98. The van der Waals surface area contributed by atoms with Crippen LogP contribution in [0.1, 0.15) is 23.8 Å². The number of aryl methyl sites for hydroxylation is 2. The third-order valence-corrected chi connectivity index (χ3v) is 5.42. The molecular weight excluding hydrogens is 513 g/mol. The van der Waals surface area contributed by atoms with Crippen molar-refractivity contribution in [1.82, 2.24) is 0 Å². The minimum atomic E-state index is -5.03. The van der Waals surface area contributed by atoms with E-state index >= 15 is 0 Å². The van der Waals surface area contributed by atoms with Crippen molar-refractivity contribution < 1.29 is 36.6 Å². The van der Waals surface area contributed by atoms with E-state index in [1.807, 2.05) is 6.07 Å². The lowest BCUT2D eigenvalue weighted by atomic mass is 10.1. The van der Waals surface area contributed by atoms with Crippen LogP contribution in [0.4, 0.5) is 13.2 Å². The van der Waals surface area contributed by atoms with Gasteiger partial charge < -0.3 is 18.6 Å². The summed E-state index contributed by atoms with van der Waals surface area (Å²) in [5.41, 5.74) is 0.0376. The van der Waals surface area contributed by atoms with Gasteiger partial charge in [0.05, 0.1) is 5.39 Å². The number of hydrogen-bond acceptors (Lipinski definition) is 6. The molecule has 37 heavy (non-hydrogen) atoms. The van der Waals surface area contributed by atoms with Crippen LogP contribution in [-0.2, 0) is 11.0 Å². The number of benzene rings is 3. The SMILES string of the molecule is Cc1cc(C)cc(Oc2c(C(F)(F)F)oc3cc(OC(=O)C(C)Oc4ccc(Cl)cc4)ccc3c2=O)c1. The Balaban J connectivity index is 1.65. The number of carbonyl (C=O) groups excluding carboxylic acids is 1. The Bertz CT molecular complexity index is 1510. The summed E-state index contributed by atoms with van der Waals surface area (Å²) in [6.07, 6.45) is -6.09. The van der Waals surface area contributed by atoms with E-state index in [1.54, 1.807) is 38.1 Å². The fourth-order valence-electron chi connectivity index (χ4n) is 3.57. The summed E-state index contributed by atoms with van der Waals surface area (Å²) in [6.45, 7) is 4.94. The fourth-order valence-corrected chi connectivity index (χ4v) is 3.70. The Morgan fingerprint density at radius 3 is 2.16 bits per heavy atom. The van der Waals surface area contributed by atoms with Crippen LogP contribution in [0.2, 0.25) is 5.02 Å². The molecular formula is C27H20ClF3O6. The molecule has 10 heteroatoms. The number of alkyl halides is 3. The van der Waals surface area contributed by atoms with Crippen LogP contribution in [0.25, 0.3) is 11.0 Å². The summed E-state index contributed by atoms with van der Waals surface area (Å²) >= 11 is 5.82. The van der Waals surface area contributed by atoms with Gasteiger partial charge in [0.1, 0.15) is 22.8 Å². The Morgan fingerprint density at radius 2 is 1.54 bits per heavy atom. The second kappa shape index (κ2) is 10.2. The molecule has 1 aromatic heterocycles. The predicted octanol–water partition coefficient (Wildman–Crippen LogP) is 7.25. The zero-order valence-corrected chi connectivity index (χ0v) is 20.6. The molecule has 6 nitrogen and oxygen atoms in total. The van der Waals surface area contributed by atoms with Crippen LogP contribution >= 0.6 is 11.6 Å². The lowest BCUT2D eigenvalue weighted by molar-refractivity contribution is -0.154. The molecule has 192 valence electrons. The standard InChI is InChI=1S/C27H20ClF3O6/c1-14-10-15(2)12-20(11-14)35-24-23(32)21-9-8-19(13-22(21)37-25(24)27(29,30)31)36-26(33)16(3)34-18-6-4-17(28)5-7-18/h4-13,16H,1-3H3. The molecule has 0 radical (unpaired) electrons. The highest BCUT2D eigenvalue weighted by Gasteiger charge is 2.40. The predicted molar refractivity (Wildman–Crippen MR) is 131 cm³/mol. The lowest BCUT2D eigenvalue weighted by Gasteiger charge is -2.15. The summed E-state index contributed by atoms with van der Waals surface area (Å²) in [5, 5.41) is 0.304. The van der Waals surface area contributed by atoms with Crippen molar-refractivity contribution in [2.24, 2.45) is 0 Å². The minimum Gasteiger partial charge on any atom is -0.479 e. The van der Waals surface area contributed by atoms with Crippen molar-refractivity contribution in [3.63, 3.8) is 0 Å². The van der Waals surface area contributed by atoms with Gasteiger partial charge in [-0.3, -0.25) is 4.79 Å². The number of hydrogen-bond donors (Lipinski definition) is 0. The van der Waals surface area contributed by atoms with Crippen molar-refractivity contribution in [2.45, 2.75) is 33.1 Å². The molecule has 1 atom stereocenters. The van der Waals surface area contributed by atoms with Crippen LogP contribution in [-0.4, -0.2) is 12.1 Å². The Labute approximate surface area is 214 Å². The molecule has 0 bridgehead atoms. The zero-order chi connectivity index (χ0) is 26.9. The molecule has 0 N–H and O–H groups in total. The first-order chi connectivity index (χ1) is 17.4. The van der Waals surface area contributed by atoms with Crippen LogP contribution < -0.4 is 19.6 Å². The minimum absolute atomic E-state index is 0.0647. The van der Waals surface area contributed by atoms with Gasteiger partial charge in [-0.1, -0.05) is 17.7 Å². The van der Waals surface area contributed by atoms with Gasteiger partial charge in [-0.25, -0.2) is 4.79 Å². The first-order valence-electron chi connectivity index (χ1n) is 11.0. The van der Waals surface area contributed by atoms with Gasteiger partial charge >= 0.3 is 12.1 Å². The van der Waals surface area contributed by atoms with E-state index in [-0.39, 0.29) is 16.9 Å². The van der Waals surface area contributed by atoms with Crippen molar-refractivity contribution in [3.05, 3.63) is 92.8 Å². The maximum Gasteiger partial charge on any atom is 0.453 e. The summed E-state index contributed by atoms with van der Waals surface area (Å²) in [5.74, 6) is -3.11. The molecule has 0 amide bonds. The molecule has 0 saturated carbocycles. The van der Waals surface area contributed by atoms with E-state index in [0.29, 0.717) is 10.8 Å². The van der Waals surface area contributed by atoms with E-state index in [0.717, 1.165) is 17.2 Å². The molecule has 0 aliphatic heterocycles. The summed E-state index contributed by atoms with van der Waals surface area (Å²) in [7, 11) is 0. The monoisotopic (exact) mass is 532 g/mol. The van der Waals surface area contributed by atoms with Crippen molar-refractivity contribution in [3.8, 4) is 23.0 Å². The van der Waals surface area contributed by atoms with Gasteiger partial charge in [-0.05, 0) is 80.4 Å². The third-order valence-electron chi connectivity index (χ3n) is 5.17. The lowest BCUT2D eigenvalue weighted by Crippen LogP contribution is -2.28. The van der Waals surface area contributed by atoms with E-state index in [1.165, 1.54) is 31.2 Å². The molecule has 1 unspecified atom stereocenters. The molecule has 0 fully saturated rings. The van der Waals surface area contributed by atoms with E-state index in [4.69, 9.17) is 30.2 Å². The van der Waals surface area contributed by atoms with Crippen molar-refractivity contribution in [2.75, 3.05) is 0 Å². The smallest absolute Gasteiger partial charge is 0.453 e. The molecule has 0 spiro atoms. The topological polar surface area (TPSA) is 75.0 Å². The molecule has 0 aliphatic carbocycles. The maximum atomic E-state index is 13.8. The molecule has 1 heterocycles. The highest BCUT2D eigenvalue weighted by atomic mass is 35.5. The molecule has 4 aromatic rings. The average Bonchev–Trinajstić information content (AvgIpc) is 2.80. The van der Waals surface area contributed by atoms with Gasteiger partial charge in [0.2, 0.25) is 11.2 Å². The van der Waals surface area contributed by atoms with E-state index in [2.05, 4.69) is 0 Å². The molecule has 3 aromatic carbocycles. The average molecular weight is 533 g/mol. The van der Waals surface area contributed by atoms with Crippen LogP contribution in [0.15, 0.2) is 69.9 Å². The number of carbonyl (C=O) groups is 1. The van der Waals surface area contributed by atoms with Gasteiger partial charge in [0.25, 0.3) is 5.76 Å². The second-order valence-electron chi connectivity index (χ2n) is 8.31. The van der Waals surface area contributed by atoms with E-state index < -0.39 is 40.8 Å². The number of ether oxygens (including phenoxy) is 3. The molecule has 4 rings (SSSR count). The Morgan fingerprint density at radius 1 is 0.919 bits per heavy atom. The number of halogens is 4. The normalized spacial score (nSPS) is 12.3. The van der Waals surface area contributed by atoms with Crippen LogP contribution in [0.5, 0.6) is 23.0 Å². The van der Waals surface area contributed by atoms with Crippen molar-refractivity contribution in [1.29, 1.82) is 0 Å². The third kappa shape index (κ3) is 6.06. The largest absolute Gasteiger partial charge is 0.479 e. The molecule has 0 aliphatic rings. The van der Waals surface area contributed by atoms with E-state index in [9.17, 15) is 22.8 Å². The number of esters is 1. The fraction of sp³-hybridized carbons (Fsp3) is 0.185. The van der Waals surface area contributed by atoms with Crippen LogP contribution in [0.3, 0.4) is 0 Å². The zero-order valence-electron chi connectivity index (χ0n) is 19.8. The quantitative estimate of drug-likeness (QED) is 0.192. The first-order valence-corrected chi connectivity index (χ1v) is 11.4. The number of rotatable bonds is 6. The second-order valence-corrected chi connectivity index (χ2v) is 8.74. The maximum absolute atomic E-state index is 13.8. The summed E-state index contributed by atoms with van der Waals surface area (Å²) in [4.78, 5) is 25.5. The highest BCUT2D eigenvalue weighted by Crippen LogP contribution is 2.39. The first kappa shape index (κ1) is 26.1. The van der Waals surface area contributed by atoms with Gasteiger partial charge in [-0.2, -0.15) is 13.2 Å². The Kier molecular flexibility index (Phi) is 7.18. The van der Waals surface area contributed by atoms with Gasteiger partial charge in [0.15, 0.2) is 6.10 Å². The summed E-state index contributed by atoms with van der Waals surface area (Å²) < 4.78 is 62.7. The van der Waals surface area contributed by atoms with Crippen LogP contribution in [0, 0.1) is 13.8 Å². The van der Waals surface area contributed by atoms with Crippen molar-refractivity contribution >= 4 is 28.5 Å². The summed E-state index contributed by atoms with van der Waals surface area (Å²) in [6, 6.07) is 14.6.